The Kier molecular flexibility index (Phi) is 3.85. The van der Waals surface area contributed by atoms with E-state index in [0.29, 0.717) is 17.9 Å². The maximum atomic E-state index is 8.92. The molecule has 1 aromatic carbocycles. The van der Waals surface area contributed by atoms with E-state index < -0.39 is 0 Å². The first kappa shape index (κ1) is 14.7. The van der Waals surface area contributed by atoms with Gasteiger partial charge in [-0.1, -0.05) is 0 Å². The number of rotatable bonds is 4. The summed E-state index contributed by atoms with van der Waals surface area (Å²) in [6.45, 7) is 1.34. The van der Waals surface area contributed by atoms with Crippen molar-refractivity contribution in [2.75, 3.05) is 11.9 Å². The van der Waals surface area contributed by atoms with E-state index in [1.807, 2.05) is 11.4 Å². The zero-order chi connectivity index (χ0) is 16.4. The highest BCUT2D eigenvalue weighted by Crippen LogP contribution is 2.31. The second kappa shape index (κ2) is 6.30. The highest BCUT2D eigenvalue weighted by Gasteiger charge is 2.14. The largest absolute Gasteiger partial charge is 0.493 e. The van der Waals surface area contributed by atoms with Crippen molar-refractivity contribution in [3.63, 3.8) is 0 Å². The SMILES string of the molecule is N#Cc1ccnc(NCc2csc(-c3ccc4c(c3)CCO4)n2)c1. The van der Waals surface area contributed by atoms with Crippen LogP contribution >= 0.6 is 11.3 Å². The summed E-state index contributed by atoms with van der Waals surface area (Å²) in [6, 6.07) is 11.8. The standard InChI is InChI=1S/C18H14N4OS/c19-9-12-3-5-20-17(7-12)21-10-15-11-24-18(22-15)14-1-2-16-13(8-14)4-6-23-16/h1-3,5,7-8,11H,4,6,10H2,(H,20,21). The Balaban J connectivity index is 1.48. The lowest BCUT2D eigenvalue weighted by Crippen LogP contribution is -2.01. The fourth-order valence-corrected chi connectivity index (χ4v) is 3.43. The number of ether oxygens (including phenoxy) is 1. The van der Waals surface area contributed by atoms with Crippen LogP contribution in [-0.4, -0.2) is 16.6 Å². The van der Waals surface area contributed by atoms with Gasteiger partial charge in [-0.05, 0) is 35.9 Å². The average molecular weight is 334 g/mol. The molecule has 0 amide bonds. The highest BCUT2D eigenvalue weighted by molar-refractivity contribution is 7.13. The molecule has 0 aliphatic carbocycles. The van der Waals surface area contributed by atoms with Crippen LogP contribution in [0.4, 0.5) is 5.82 Å². The summed E-state index contributed by atoms with van der Waals surface area (Å²) in [6.07, 6.45) is 2.59. The number of aromatic nitrogens is 2. The summed E-state index contributed by atoms with van der Waals surface area (Å²) in [7, 11) is 0. The van der Waals surface area contributed by atoms with Crippen LogP contribution in [-0.2, 0) is 13.0 Å². The zero-order valence-corrected chi connectivity index (χ0v) is 13.6. The average Bonchev–Trinajstić information content (AvgIpc) is 3.28. The summed E-state index contributed by atoms with van der Waals surface area (Å²) in [5.41, 5.74) is 3.92. The van der Waals surface area contributed by atoms with Gasteiger partial charge in [0.2, 0.25) is 0 Å². The minimum Gasteiger partial charge on any atom is -0.493 e. The number of hydrogen-bond acceptors (Lipinski definition) is 6. The molecule has 2 aromatic heterocycles. The van der Waals surface area contributed by atoms with Crippen molar-refractivity contribution in [2.24, 2.45) is 0 Å². The lowest BCUT2D eigenvalue weighted by molar-refractivity contribution is 0.357. The zero-order valence-electron chi connectivity index (χ0n) is 12.8. The Morgan fingerprint density at radius 3 is 3.17 bits per heavy atom. The van der Waals surface area contributed by atoms with E-state index in [2.05, 4.69) is 33.5 Å². The number of nitrogens with zero attached hydrogens (tertiary/aromatic N) is 3. The van der Waals surface area contributed by atoms with Crippen molar-refractivity contribution < 1.29 is 4.74 Å². The maximum Gasteiger partial charge on any atom is 0.127 e. The van der Waals surface area contributed by atoms with Gasteiger partial charge in [0.05, 0.1) is 30.5 Å². The smallest absolute Gasteiger partial charge is 0.127 e. The van der Waals surface area contributed by atoms with Crippen LogP contribution < -0.4 is 10.1 Å². The molecule has 4 rings (SSSR count). The number of nitrogens with one attached hydrogen (secondary N) is 1. The lowest BCUT2D eigenvalue weighted by Gasteiger charge is -2.03. The van der Waals surface area contributed by atoms with Crippen LogP contribution in [0.1, 0.15) is 16.8 Å². The third kappa shape index (κ3) is 2.94. The molecule has 5 nitrogen and oxygen atoms in total. The second-order valence-corrected chi connectivity index (χ2v) is 6.32. The van der Waals surface area contributed by atoms with Gasteiger partial charge in [-0.3, -0.25) is 0 Å². The molecule has 0 saturated carbocycles. The van der Waals surface area contributed by atoms with Crippen molar-refractivity contribution in [3.05, 3.63) is 58.7 Å². The van der Waals surface area contributed by atoms with Gasteiger partial charge in [-0.2, -0.15) is 5.26 Å². The van der Waals surface area contributed by atoms with Gasteiger partial charge in [0.1, 0.15) is 16.6 Å². The summed E-state index contributed by atoms with van der Waals surface area (Å²) < 4.78 is 5.54. The minimum atomic E-state index is 0.576. The molecule has 1 N–H and O–H groups in total. The van der Waals surface area contributed by atoms with Crippen LogP contribution in [0.25, 0.3) is 10.6 Å². The Hall–Kier alpha value is -2.91. The van der Waals surface area contributed by atoms with E-state index in [9.17, 15) is 0 Å². The molecule has 3 heterocycles. The predicted molar refractivity (Wildman–Crippen MR) is 93.0 cm³/mol. The first-order valence-electron chi connectivity index (χ1n) is 7.62. The predicted octanol–water partition coefficient (Wildman–Crippen LogP) is 3.62. The van der Waals surface area contributed by atoms with Crippen LogP contribution in [0.3, 0.4) is 0 Å². The van der Waals surface area contributed by atoms with E-state index in [1.165, 1.54) is 5.56 Å². The molecule has 6 heteroatoms. The molecular weight excluding hydrogens is 320 g/mol. The van der Waals surface area contributed by atoms with E-state index >= 15 is 0 Å². The van der Waals surface area contributed by atoms with Crippen molar-refractivity contribution in [2.45, 2.75) is 13.0 Å². The Morgan fingerprint density at radius 2 is 2.25 bits per heavy atom. The summed E-state index contributed by atoms with van der Waals surface area (Å²) in [5.74, 6) is 1.67. The van der Waals surface area contributed by atoms with Gasteiger partial charge in [0, 0.05) is 23.6 Å². The fraction of sp³-hybridized carbons (Fsp3) is 0.167. The molecule has 118 valence electrons. The molecule has 1 aliphatic heterocycles. The Morgan fingerprint density at radius 1 is 1.29 bits per heavy atom. The number of nitriles is 1. The third-order valence-electron chi connectivity index (χ3n) is 3.83. The molecular formula is C18H14N4OS. The molecule has 1 aliphatic rings. The van der Waals surface area contributed by atoms with Crippen LogP contribution in [0.2, 0.25) is 0 Å². The summed E-state index contributed by atoms with van der Waals surface area (Å²) in [5, 5.41) is 15.2. The van der Waals surface area contributed by atoms with E-state index in [4.69, 9.17) is 10.00 Å². The van der Waals surface area contributed by atoms with E-state index in [-0.39, 0.29) is 0 Å². The quantitative estimate of drug-likeness (QED) is 0.789. The van der Waals surface area contributed by atoms with Crippen molar-refractivity contribution in [1.82, 2.24) is 9.97 Å². The minimum absolute atomic E-state index is 0.576. The van der Waals surface area contributed by atoms with Crippen LogP contribution in [0.5, 0.6) is 5.75 Å². The fourth-order valence-electron chi connectivity index (χ4n) is 2.62. The molecule has 0 bridgehead atoms. The van der Waals surface area contributed by atoms with Gasteiger partial charge < -0.3 is 10.1 Å². The number of pyridine rings is 1. The number of thiazole rings is 1. The van der Waals surface area contributed by atoms with Gasteiger partial charge in [-0.15, -0.1) is 11.3 Å². The number of hydrogen-bond donors (Lipinski definition) is 1. The third-order valence-corrected chi connectivity index (χ3v) is 4.77. The van der Waals surface area contributed by atoms with Gasteiger partial charge in [0.15, 0.2) is 0 Å². The Labute approximate surface area is 143 Å². The van der Waals surface area contributed by atoms with E-state index in [0.717, 1.165) is 35.0 Å². The topological polar surface area (TPSA) is 70.8 Å². The first-order chi connectivity index (χ1) is 11.8. The van der Waals surface area contributed by atoms with Crippen LogP contribution in [0.15, 0.2) is 41.9 Å². The molecule has 0 saturated heterocycles. The van der Waals surface area contributed by atoms with Gasteiger partial charge in [-0.25, -0.2) is 9.97 Å². The molecule has 0 radical (unpaired) electrons. The molecule has 0 unspecified atom stereocenters. The van der Waals surface area contributed by atoms with Gasteiger partial charge >= 0.3 is 0 Å². The van der Waals surface area contributed by atoms with Crippen molar-refractivity contribution in [1.29, 1.82) is 5.26 Å². The Bertz CT molecular complexity index is 929. The summed E-state index contributed by atoms with van der Waals surface area (Å²) in [4.78, 5) is 8.89. The molecule has 0 spiro atoms. The molecule has 24 heavy (non-hydrogen) atoms. The summed E-state index contributed by atoms with van der Waals surface area (Å²) >= 11 is 1.63. The molecule has 0 atom stereocenters. The van der Waals surface area contributed by atoms with Crippen molar-refractivity contribution in [3.8, 4) is 22.4 Å². The highest BCUT2D eigenvalue weighted by atomic mass is 32.1. The van der Waals surface area contributed by atoms with Crippen molar-refractivity contribution >= 4 is 17.2 Å². The van der Waals surface area contributed by atoms with Crippen LogP contribution in [0, 0.1) is 11.3 Å². The maximum absolute atomic E-state index is 8.92. The molecule has 3 aromatic rings. The van der Waals surface area contributed by atoms with E-state index in [1.54, 1.807) is 29.7 Å². The number of fused-ring (bicyclic) bond motifs is 1. The number of benzene rings is 1. The second-order valence-electron chi connectivity index (χ2n) is 5.46. The first-order valence-corrected chi connectivity index (χ1v) is 8.50. The number of anilines is 1. The van der Waals surface area contributed by atoms with Gasteiger partial charge in [0.25, 0.3) is 0 Å². The monoisotopic (exact) mass is 334 g/mol. The molecule has 0 fully saturated rings. The normalized spacial score (nSPS) is 12.3. The lowest BCUT2D eigenvalue weighted by atomic mass is 10.1.